The quantitative estimate of drug-likeness (QED) is 0.724. The summed E-state index contributed by atoms with van der Waals surface area (Å²) in [5.74, 6) is -0.328. The zero-order valence-corrected chi connectivity index (χ0v) is 8.16. The van der Waals surface area contributed by atoms with Crippen molar-refractivity contribution in [3.63, 3.8) is 0 Å². The molecule has 0 aliphatic heterocycles. The number of aromatic nitrogens is 1. The minimum atomic E-state index is -0.328. The third-order valence-corrected chi connectivity index (χ3v) is 1.72. The standard InChI is InChI=1S/C10H12FN3/c1-7-8(11)3-4-10(14-7)9(12)5-6-13-2/h3-6H,12H2,1-2H3. The van der Waals surface area contributed by atoms with Gasteiger partial charge in [-0.2, -0.15) is 0 Å². The lowest BCUT2D eigenvalue weighted by atomic mass is 10.2. The highest BCUT2D eigenvalue weighted by molar-refractivity contribution is 5.82. The van der Waals surface area contributed by atoms with E-state index in [4.69, 9.17) is 5.73 Å². The molecule has 3 nitrogen and oxygen atoms in total. The number of nitrogens with zero attached hydrogens (tertiary/aromatic N) is 2. The van der Waals surface area contributed by atoms with Gasteiger partial charge < -0.3 is 5.73 Å². The van der Waals surface area contributed by atoms with Gasteiger partial charge in [-0.15, -0.1) is 0 Å². The largest absolute Gasteiger partial charge is 0.397 e. The van der Waals surface area contributed by atoms with Gasteiger partial charge in [-0.1, -0.05) is 0 Å². The average Bonchev–Trinajstić information content (AvgIpc) is 2.18. The number of hydrogen-bond acceptors (Lipinski definition) is 3. The van der Waals surface area contributed by atoms with Crippen molar-refractivity contribution in [1.29, 1.82) is 0 Å². The van der Waals surface area contributed by atoms with Crippen molar-refractivity contribution in [2.75, 3.05) is 7.05 Å². The molecule has 74 valence electrons. The molecule has 0 unspecified atom stereocenters. The van der Waals surface area contributed by atoms with Gasteiger partial charge in [0.2, 0.25) is 0 Å². The molecule has 0 bridgehead atoms. The summed E-state index contributed by atoms with van der Waals surface area (Å²) in [6.07, 6.45) is 3.19. The third kappa shape index (κ3) is 2.39. The summed E-state index contributed by atoms with van der Waals surface area (Å²) in [6.45, 7) is 1.60. The fraction of sp³-hybridized carbons (Fsp3) is 0.200. The number of nitrogens with two attached hydrogens (primary N) is 1. The van der Waals surface area contributed by atoms with Gasteiger partial charge in [0, 0.05) is 13.3 Å². The van der Waals surface area contributed by atoms with Gasteiger partial charge in [0.1, 0.15) is 5.82 Å². The van der Waals surface area contributed by atoms with Crippen molar-refractivity contribution >= 4 is 11.9 Å². The summed E-state index contributed by atoms with van der Waals surface area (Å²) in [4.78, 5) is 7.75. The maximum atomic E-state index is 12.9. The second-order valence-corrected chi connectivity index (χ2v) is 2.79. The minimum absolute atomic E-state index is 0.328. The highest BCUT2D eigenvalue weighted by Gasteiger charge is 2.01. The summed E-state index contributed by atoms with van der Waals surface area (Å²) < 4.78 is 12.9. The van der Waals surface area contributed by atoms with Gasteiger partial charge in [0.15, 0.2) is 0 Å². The van der Waals surface area contributed by atoms with Crippen LogP contribution in [0.4, 0.5) is 4.39 Å². The molecular weight excluding hydrogens is 181 g/mol. The highest BCUT2D eigenvalue weighted by Crippen LogP contribution is 2.09. The molecule has 0 aromatic carbocycles. The van der Waals surface area contributed by atoms with Crippen LogP contribution in [0.15, 0.2) is 23.2 Å². The lowest BCUT2D eigenvalue weighted by Crippen LogP contribution is -2.01. The molecule has 0 radical (unpaired) electrons. The van der Waals surface area contributed by atoms with E-state index in [0.29, 0.717) is 17.1 Å². The van der Waals surface area contributed by atoms with Crippen molar-refractivity contribution in [2.24, 2.45) is 10.7 Å². The van der Waals surface area contributed by atoms with E-state index in [1.54, 1.807) is 26.3 Å². The van der Waals surface area contributed by atoms with E-state index < -0.39 is 0 Å². The first kappa shape index (κ1) is 10.4. The Balaban J connectivity index is 3.02. The Hall–Kier alpha value is -1.71. The first-order valence-electron chi connectivity index (χ1n) is 4.16. The van der Waals surface area contributed by atoms with E-state index in [9.17, 15) is 4.39 Å². The summed E-state index contributed by atoms with van der Waals surface area (Å²) >= 11 is 0. The van der Waals surface area contributed by atoms with Crippen LogP contribution in [-0.4, -0.2) is 18.2 Å². The number of rotatable bonds is 2. The van der Waals surface area contributed by atoms with Gasteiger partial charge in [-0.05, 0) is 25.1 Å². The summed E-state index contributed by atoms with van der Waals surface area (Å²) in [6, 6.07) is 2.89. The zero-order valence-electron chi connectivity index (χ0n) is 8.16. The normalized spacial score (nSPS) is 12.4. The molecule has 0 fully saturated rings. The van der Waals surface area contributed by atoms with E-state index in [1.807, 2.05) is 0 Å². The van der Waals surface area contributed by atoms with Crippen LogP contribution in [-0.2, 0) is 0 Å². The number of aliphatic imine (C=N–C) groups is 1. The first-order valence-corrected chi connectivity index (χ1v) is 4.16. The first-order chi connectivity index (χ1) is 6.65. The molecular formula is C10H12FN3. The van der Waals surface area contributed by atoms with E-state index in [0.717, 1.165) is 0 Å². The fourth-order valence-electron chi connectivity index (χ4n) is 0.945. The fourth-order valence-corrected chi connectivity index (χ4v) is 0.945. The Kier molecular flexibility index (Phi) is 3.34. The molecule has 1 heterocycles. The molecule has 4 heteroatoms. The lowest BCUT2D eigenvalue weighted by Gasteiger charge is -2.01. The minimum Gasteiger partial charge on any atom is -0.397 e. The molecule has 14 heavy (non-hydrogen) atoms. The molecule has 1 aromatic heterocycles. The van der Waals surface area contributed by atoms with Gasteiger partial charge >= 0.3 is 0 Å². The molecule has 0 amide bonds. The molecule has 0 aliphatic carbocycles. The monoisotopic (exact) mass is 193 g/mol. The maximum Gasteiger partial charge on any atom is 0.144 e. The van der Waals surface area contributed by atoms with E-state index in [2.05, 4.69) is 9.98 Å². The van der Waals surface area contributed by atoms with Crippen molar-refractivity contribution in [3.8, 4) is 0 Å². The smallest absolute Gasteiger partial charge is 0.144 e. The number of allylic oxidation sites excluding steroid dienone is 1. The topological polar surface area (TPSA) is 51.3 Å². The van der Waals surface area contributed by atoms with Crippen LogP contribution in [0, 0.1) is 12.7 Å². The van der Waals surface area contributed by atoms with Crippen molar-refractivity contribution in [1.82, 2.24) is 4.98 Å². The molecule has 0 aliphatic rings. The van der Waals surface area contributed by atoms with Gasteiger partial charge in [-0.3, -0.25) is 4.99 Å². The predicted octanol–water partition coefficient (Wildman–Crippen LogP) is 1.53. The van der Waals surface area contributed by atoms with Crippen LogP contribution in [0.25, 0.3) is 5.70 Å². The summed E-state index contributed by atoms with van der Waals surface area (Å²) in [7, 11) is 1.65. The van der Waals surface area contributed by atoms with Crippen LogP contribution in [0.3, 0.4) is 0 Å². The van der Waals surface area contributed by atoms with Crippen LogP contribution >= 0.6 is 0 Å². The number of aryl methyl sites for hydroxylation is 1. The van der Waals surface area contributed by atoms with E-state index in [1.165, 1.54) is 12.1 Å². The molecule has 0 saturated carbocycles. The van der Waals surface area contributed by atoms with Crippen LogP contribution in [0.2, 0.25) is 0 Å². The molecule has 0 atom stereocenters. The Morgan fingerprint density at radius 3 is 2.86 bits per heavy atom. The Morgan fingerprint density at radius 1 is 1.57 bits per heavy atom. The number of pyridine rings is 1. The number of halogens is 1. The lowest BCUT2D eigenvalue weighted by molar-refractivity contribution is 0.609. The van der Waals surface area contributed by atoms with Gasteiger partial charge in [-0.25, -0.2) is 9.37 Å². The summed E-state index contributed by atoms with van der Waals surface area (Å²) in [5, 5.41) is 0. The van der Waals surface area contributed by atoms with E-state index >= 15 is 0 Å². The Bertz CT molecular complexity index is 383. The molecule has 0 saturated heterocycles. The Morgan fingerprint density at radius 2 is 2.29 bits per heavy atom. The SMILES string of the molecule is CN=CC=C(N)c1ccc(F)c(C)n1. The molecule has 1 rings (SSSR count). The third-order valence-electron chi connectivity index (χ3n) is 1.72. The summed E-state index contributed by atoms with van der Waals surface area (Å²) in [5.41, 5.74) is 7.06. The van der Waals surface area contributed by atoms with Crippen LogP contribution in [0.5, 0.6) is 0 Å². The average molecular weight is 193 g/mol. The van der Waals surface area contributed by atoms with Crippen molar-refractivity contribution in [3.05, 3.63) is 35.4 Å². The van der Waals surface area contributed by atoms with Crippen molar-refractivity contribution in [2.45, 2.75) is 6.92 Å². The van der Waals surface area contributed by atoms with Gasteiger partial charge in [0.05, 0.1) is 17.1 Å². The van der Waals surface area contributed by atoms with Crippen LogP contribution in [0.1, 0.15) is 11.4 Å². The second-order valence-electron chi connectivity index (χ2n) is 2.79. The molecule has 1 aromatic rings. The maximum absolute atomic E-state index is 12.9. The van der Waals surface area contributed by atoms with Crippen molar-refractivity contribution < 1.29 is 4.39 Å². The second kappa shape index (κ2) is 4.50. The molecule has 2 N–H and O–H groups in total. The van der Waals surface area contributed by atoms with Gasteiger partial charge in [0.25, 0.3) is 0 Å². The number of hydrogen-bond donors (Lipinski definition) is 1. The van der Waals surface area contributed by atoms with Crippen LogP contribution < -0.4 is 5.73 Å². The Labute approximate surface area is 82.2 Å². The zero-order chi connectivity index (χ0) is 10.6. The van der Waals surface area contributed by atoms with E-state index in [-0.39, 0.29) is 5.82 Å². The highest BCUT2D eigenvalue weighted by atomic mass is 19.1. The molecule has 0 spiro atoms. The predicted molar refractivity (Wildman–Crippen MR) is 55.5 cm³/mol.